The van der Waals surface area contributed by atoms with E-state index in [4.69, 9.17) is 9.47 Å². The smallest absolute Gasteiger partial charge is 0.410 e. The molecule has 0 saturated heterocycles. The number of rotatable bonds is 10. The molecule has 0 aliphatic heterocycles. The third kappa shape index (κ3) is 11.2. The van der Waals surface area contributed by atoms with E-state index >= 15 is 0 Å². The minimum absolute atomic E-state index is 0.0362. The SMILES string of the molecule is C=CCN(CC(NC(=O)OC(C)(C)C)C(C)C=C[Si](C)(C)C(C)(C)C)C(=O)OCc1ccccc1. The summed E-state index contributed by atoms with van der Waals surface area (Å²) in [5.74, 6) is -0.0362. The van der Waals surface area contributed by atoms with Crippen LogP contribution in [0.1, 0.15) is 54.0 Å². The summed E-state index contributed by atoms with van der Waals surface area (Å²) in [6.07, 6.45) is 2.86. The normalized spacial score (nSPS) is 14.2. The van der Waals surface area contributed by atoms with Crippen molar-refractivity contribution in [3.63, 3.8) is 0 Å². The Bertz CT molecular complexity index is 854. The molecule has 35 heavy (non-hydrogen) atoms. The zero-order valence-corrected chi connectivity index (χ0v) is 24.2. The van der Waals surface area contributed by atoms with Crippen molar-refractivity contribution in [2.24, 2.45) is 5.92 Å². The minimum Gasteiger partial charge on any atom is -0.445 e. The summed E-state index contributed by atoms with van der Waals surface area (Å²) in [5.41, 5.74) is 2.62. The van der Waals surface area contributed by atoms with Gasteiger partial charge in [-0.1, -0.05) is 89.0 Å². The van der Waals surface area contributed by atoms with Gasteiger partial charge in [-0.15, -0.1) is 6.58 Å². The molecule has 6 nitrogen and oxygen atoms in total. The molecule has 0 saturated carbocycles. The predicted octanol–water partition coefficient (Wildman–Crippen LogP) is 6.94. The van der Waals surface area contributed by atoms with Crippen LogP contribution in [0.4, 0.5) is 9.59 Å². The number of benzene rings is 1. The van der Waals surface area contributed by atoms with Crippen molar-refractivity contribution < 1.29 is 19.1 Å². The molecule has 1 aromatic carbocycles. The quantitative estimate of drug-likeness (QED) is 0.278. The molecule has 1 N–H and O–H groups in total. The molecular weight excluding hydrogens is 456 g/mol. The lowest BCUT2D eigenvalue weighted by Crippen LogP contribution is -2.50. The first-order valence-corrected chi connectivity index (χ1v) is 15.4. The summed E-state index contributed by atoms with van der Waals surface area (Å²) in [4.78, 5) is 27.1. The van der Waals surface area contributed by atoms with Crippen molar-refractivity contribution in [2.75, 3.05) is 13.1 Å². The molecule has 1 aromatic rings. The Kier molecular flexibility index (Phi) is 11.3. The number of carbonyl (C=O) groups is 2. The molecule has 7 heteroatoms. The average molecular weight is 503 g/mol. The maximum absolute atomic E-state index is 12.9. The van der Waals surface area contributed by atoms with Gasteiger partial charge in [0, 0.05) is 13.1 Å². The Morgan fingerprint density at radius 3 is 2.23 bits per heavy atom. The van der Waals surface area contributed by atoms with Crippen molar-refractivity contribution >= 4 is 20.3 Å². The van der Waals surface area contributed by atoms with Crippen LogP contribution in [0.15, 0.2) is 54.8 Å². The molecule has 0 aromatic heterocycles. The number of amides is 2. The van der Waals surface area contributed by atoms with E-state index in [9.17, 15) is 9.59 Å². The Balaban J connectivity index is 3.07. The number of alkyl carbamates (subject to hydrolysis) is 1. The van der Waals surface area contributed by atoms with E-state index in [2.05, 4.69) is 57.5 Å². The van der Waals surface area contributed by atoms with Crippen LogP contribution >= 0.6 is 0 Å². The van der Waals surface area contributed by atoms with Gasteiger partial charge in [-0.25, -0.2) is 9.59 Å². The second-order valence-corrected chi connectivity index (χ2v) is 17.0. The second-order valence-electron chi connectivity index (χ2n) is 11.7. The maximum Gasteiger partial charge on any atom is 0.410 e. The standard InChI is InChI=1S/C28H46N2O4Si/c1-11-18-30(26(32)33-21-23-15-13-12-14-16-23)20-24(29-25(31)34-27(3,4)5)22(2)17-19-35(9,10)28(6,7)8/h11-17,19,22,24H,1,18,20-21H2,2-10H3,(H,29,31). The highest BCUT2D eigenvalue weighted by molar-refractivity contribution is 6.84. The third-order valence-corrected chi connectivity index (χ3v) is 11.2. The van der Waals surface area contributed by atoms with E-state index in [1.807, 2.05) is 58.0 Å². The minimum atomic E-state index is -1.66. The fourth-order valence-electron chi connectivity index (χ4n) is 3.01. The molecule has 0 fully saturated rings. The Labute approximate surface area is 213 Å². The Morgan fingerprint density at radius 2 is 1.71 bits per heavy atom. The van der Waals surface area contributed by atoms with Crippen LogP contribution in [0.5, 0.6) is 0 Å². The monoisotopic (exact) mass is 502 g/mol. The first-order chi connectivity index (χ1) is 16.1. The van der Waals surface area contributed by atoms with Gasteiger partial charge in [0.2, 0.25) is 0 Å². The summed E-state index contributed by atoms with van der Waals surface area (Å²) < 4.78 is 11.1. The van der Waals surface area contributed by atoms with Gasteiger partial charge in [-0.2, -0.15) is 0 Å². The van der Waals surface area contributed by atoms with Crippen LogP contribution in [-0.4, -0.2) is 49.9 Å². The van der Waals surface area contributed by atoms with E-state index in [0.717, 1.165) is 5.56 Å². The van der Waals surface area contributed by atoms with Crippen molar-refractivity contribution in [2.45, 2.75) is 84.8 Å². The molecule has 0 heterocycles. The van der Waals surface area contributed by atoms with Gasteiger partial charge in [0.25, 0.3) is 0 Å². The largest absolute Gasteiger partial charge is 0.445 e. The van der Waals surface area contributed by atoms with E-state index in [1.165, 1.54) is 0 Å². The fraction of sp³-hybridized carbons (Fsp3) is 0.571. The topological polar surface area (TPSA) is 67.9 Å². The van der Waals surface area contributed by atoms with Gasteiger partial charge in [0.1, 0.15) is 12.2 Å². The highest BCUT2D eigenvalue weighted by Gasteiger charge is 2.33. The number of ether oxygens (including phenoxy) is 2. The summed E-state index contributed by atoms with van der Waals surface area (Å²) in [5, 5.41) is 3.19. The van der Waals surface area contributed by atoms with Crippen LogP contribution in [0.25, 0.3) is 0 Å². The fourth-order valence-corrected chi connectivity index (χ4v) is 4.29. The lowest BCUT2D eigenvalue weighted by atomic mass is 10.0. The van der Waals surface area contributed by atoms with Crippen molar-refractivity contribution in [3.05, 3.63) is 60.3 Å². The van der Waals surface area contributed by atoms with E-state index in [0.29, 0.717) is 6.54 Å². The summed E-state index contributed by atoms with van der Waals surface area (Å²) in [6.45, 7) is 23.5. The van der Waals surface area contributed by atoms with Gasteiger partial charge in [-0.3, -0.25) is 0 Å². The highest BCUT2D eigenvalue weighted by Crippen LogP contribution is 2.37. The van der Waals surface area contributed by atoms with Crippen molar-refractivity contribution in [1.29, 1.82) is 0 Å². The molecule has 1 rings (SSSR count). The van der Waals surface area contributed by atoms with Gasteiger partial charge in [0.15, 0.2) is 0 Å². The van der Waals surface area contributed by atoms with Gasteiger partial charge < -0.3 is 19.7 Å². The van der Waals surface area contributed by atoms with E-state index in [-0.39, 0.29) is 30.1 Å². The van der Waals surface area contributed by atoms with Crippen LogP contribution in [0, 0.1) is 5.92 Å². The molecule has 0 bridgehead atoms. The molecule has 0 radical (unpaired) electrons. The van der Waals surface area contributed by atoms with E-state index < -0.39 is 25.9 Å². The van der Waals surface area contributed by atoms with Gasteiger partial charge in [-0.05, 0) is 37.3 Å². The second kappa shape index (κ2) is 13.0. The molecule has 0 aliphatic rings. The van der Waals surface area contributed by atoms with Gasteiger partial charge >= 0.3 is 12.2 Å². The average Bonchev–Trinajstić information content (AvgIpc) is 2.73. The zero-order valence-electron chi connectivity index (χ0n) is 23.2. The van der Waals surface area contributed by atoms with Gasteiger partial charge in [0.05, 0.1) is 14.1 Å². The van der Waals surface area contributed by atoms with Crippen LogP contribution in [0.3, 0.4) is 0 Å². The maximum atomic E-state index is 12.9. The first-order valence-electron chi connectivity index (χ1n) is 12.3. The summed E-state index contributed by atoms with van der Waals surface area (Å²) >= 11 is 0. The number of nitrogens with one attached hydrogen (secondary N) is 1. The number of hydrogen-bond donors (Lipinski definition) is 1. The van der Waals surface area contributed by atoms with Crippen LogP contribution in [-0.2, 0) is 16.1 Å². The molecule has 0 aliphatic carbocycles. The number of hydrogen-bond acceptors (Lipinski definition) is 4. The zero-order chi connectivity index (χ0) is 26.9. The Morgan fingerprint density at radius 1 is 1.11 bits per heavy atom. The lowest BCUT2D eigenvalue weighted by Gasteiger charge is -2.35. The van der Waals surface area contributed by atoms with Crippen molar-refractivity contribution in [1.82, 2.24) is 10.2 Å². The molecule has 196 valence electrons. The number of nitrogens with zero attached hydrogens (tertiary/aromatic N) is 1. The summed E-state index contributed by atoms with van der Waals surface area (Å²) in [7, 11) is -1.66. The summed E-state index contributed by atoms with van der Waals surface area (Å²) in [6, 6.07) is 9.18. The third-order valence-electron chi connectivity index (χ3n) is 6.32. The first kappa shape index (κ1) is 30.5. The van der Waals surface area contributed by atoms with Crippen molar-refractivity contribution in [3.8, 4) is 0 Å². The highest BCUT2D eigenvalue weighted by atomic mass is 28.3. The predicted molar refractivity (Wildman–Crippen MR) is 147 cm³/mol. The van der Waals surface area contributed by atoms with E-state index in [1.54, 1.807) is 11.0 Å². The Hall–Kier alpha value is -2.54. The van der Waals surface area contributed by atoms with Crippen LogP contribution < -0.4 is 5.32 Å². The molecule has 0 spiro atoms. The number of carbonyl (C=O) groups excluding carboxylic acids is 2. The molecular formula is C28H46N2O4Si. The molecule has 2 amide bonds. The van der Waals surface area contributed by atoms with Crippen LogP contribution in [0.2, 0.25) is 18.1 Å². The lowest BCUT2D eigenvalue weighted by molar-refractivity contribution is 0.0468. The molecule has 2 atom stereocenters. The molecule has 2 unspecified atom stereocenters.